The molecule has 152 valence electrons. The molecule has 1 aliphatic rings. The average molecular weight is 401 g/mol. The predicted molar refractivity (Wildman–Crippen MR) is 115 cm³/mol. The van der Waals surface area contributed by atoms with Crippen molar-refractivity contribution < 1.29 is 4.39 Å². The number of halogens is 1. The van der Waals surface area contributed by atoms with Crippen molar-refractivity contribution >= 4 is 5.65 Å². The molecule has 0 unspecified atom stereocenters. The lowest BCUT2D eigenvalue weighted by Crippen LogP contribution is -2.46. The van der Waals surface area contributed by atoms with Crippen molar-refractivity contribution in [1.29, 1.82) is 0 Å². The third kappa shape index (κ3) is 3.60. The number of nitrogens with zero attached hydrogens (tertiary/aromatic N) is 5. The monoisotopic (exact) mass is 401 g/mol. The summed E-state index contributed by atoms with van der Waals surface area (Å²) in [6.45, 7) is 3.27. The zero-order valence-electron chi connectivity index (χ0n) is 16.9. The molecule has 4 heterocycles. The fourth-order valence-electron chi connectivity index (χ4n) is 4.21. The van der Waals surface area contributed by atoms with E-state index in [0.717, 1.165) is 47.8 Å². The molecule has 1 saturated heterocycles. The number of hydrogen-bond donors (Lipinski definition) is 0. The highest BCUT2D eigenvalue weighted by molar-refractivity contribution is 5.63. The summed E-state index contributed by atoms with van der Waals surface area (Å²) in [6, 6.07) is 17.4. The summed E-state index contributed by atoms with van der Waals surface area (Å²) in [5.41, 5.74) is 4.92. The van der Waals surface area contributed by atoms with Gasteiger partial charge in [-0.05, 0) is 37.4 Å². The van der Waals surface area contributed by atoms with E-state index in [-0.39, 0.29) is 11.9 Å². The first-order valence-corrected chi connectivity index (χ1v) is 10.2. The lowest BCUT2D eigenvalue weighted by Gasteiger charge is -2.38. The van der Waals surface area contributed by atoms with Crippen LogP contribution in [0, 0.1) is 5.82 Å². The molecule has 6 heteroatoms. The van der Waals surface area contributed by atoms with Gasteiger partial charge in [0.15, 0.2) is 0 Å². The molecule has 0 saturated carbocycles. The van der Waals surface area contributed by atoms with Crippen LogP contribution in [0.2, 0.25) is 0 Å². The second-order valence-corrected chi connectivity index (χ2v) is 7.86. The predicted octanol–water partition coefficient (Wildman–Crippen LogP) is 4.02. The molecule has 0 spiro atoms. The average Bonchev–Trinajstić information content (AvgIpc) is 3.21. The van der Waals surface area contributed by atoms with Gasteiger partial charge in [0.1, 0.15) is 11.5 Å². The van der Waals surface area contributed by atoms with Crippen molar-refractivity contribution in [2.24, 2.45) is 0 Å². The molecule has 0 aliphatic carbocycles. The fraction of sp³-hybridized carbons (Fsp3) is 0.250. The Labute approximate surface area is 175 Å². The van der Waals surface area contributed by atoms with E-state index in [9.17, 15) is 4.39 Å². The quantitative estimate of drug-likeness (QED) is 0.518. The van der Waals surface area contributed by atoms with Crippen LogP contribution in [0.4, 0.5) is 4.39 Å². The number of hydrogen-bond acceptors (Lipinski definition) is 4. The second kappa shape index (κ2) is 7.97. The minimum atomic E-state index is -0.136. The molecular weight excluding hydrogens is 377 g/mol. The van der Waals surface area contributed by atoms with Gasteiger partial charge in [-0.3, -0.25) is 19.2 Å². The molecule has 1 aromatic carbocycles. The van der Waals surface area contributed by atoms with Crippen LogP contribution in [0.1, 0.15) is 17.3 Å². The molecule has 1 fully saturated rings. The maximum absolute atomic E-state index is 14.1. The van der Waals surface area contributed by atoms with E-state index in [4.69, 9.17) is 4.98 Å². The number of piperazine rings is 1. The minimum Gasteiger partial charge on any atom is -0.299 e. The molecule has 4 aromatic rings. The van der Waals surface area contributed by atoms with Crippen molar-refractivity contribution in [2.45, 2.75) is 12.6 Å². The van der Waals surface area contributed by atoms with Gasteiger partial charge in [0.25, 0.3) is 0 Å². The zero-order valence-corrected chi connectivity index (χ0v) is 16.9. The van der Waals surface area contributed by atoms with E-state index in [2.05, 4.69) is 38.5 Å². The molecule has 0 radical (unpaired) electrons. The first-order valence-electron chi connectivity index (χ1n) is 10.2. The topological polar surface area (TPSA) is 36.7 Å². The Morgan fingerprint density at radius 2 is 1.83 bits per heavy atom. The van der Waals surface area contributed by atoms with Crippen LogP contribution in [-0.2, 0) is 6.54 Å². The van der Waals surface area contributed by atoms with Crippen LogP contribution in [0.15, 0.2) is 73.2 Å². The number of benzene rings is 1. The molecule has 0 N–H and O–H groups in total. The van der Waals surface area contributed by atoms with E-state index < -0.39 is 0 Å². The maximum atomic E-state index is 14.1. The Kier molecular flexibility index (Phi) is 5.02. The molecule has 30 heavy (non-hydrogen) atoms. The summed E-state index contributed by atoms with van der Waals surface area (Å²) in [5, 5.41) is 0. The number of pyridine rings is 2. The molecule has 0 bridgehead atoms. The Bertz CT molecular complexity index is 1160. The highest BCUT2D eigenvalue weighted by Crippen LogP contribution is 2.27. The third-order valence-corrected chi connectivity index (χ3v) is 5.91. The number of imidazole rings is 1. The molecular formula is C24H24FN5. The van der Waals surface area contributed by atoms with E-state index in [1.54, 1.807) is 6.07 Å². The second-order valence-electron chi connectivity index (χ2n) is 7.86. The molecule has 1 aliphatic heterocycles. The van der Waals surface area contributed by atoms with Crippen molar-refractivity contribution in [3.05, 3.63) is 90.3 Å². The van der Waals surface area contributed by atoms with Crippen LogP contribution in [-0.4, -0.2) is 50.9 Å². The largest absolute Gasteiger partial charge is 0.299 e. The Morgan fingerprint density at radius 3 is 2.67 bits per heavy atom. The molecule has 0 amide bonds. The molecule has 5 rings (SSSR count). The van der Waals surface area contributed by atoms with Gasteiger partial charge in [-0.1, -0.05) is 24.3 Å². The van der Waals surface area contributed by atoms with Crippen molar-refractivity contribution in [3.8, 4) is 11.3 Å². The summed E-state index contributed by atoms with van der Waals surface area (Å²) in [5.74, 6) is -0.136. The SMILES string of the molecule is CN1CCN(Cc2ccccc2F)C[C@@H]1c1cn2c(-c3ccncc3)cccc2n1. The maximum Gasteiger partial charge on any atom is 0.137 e. The van der Waals surface area contributed by atoms with Gasteiger partial charge < -0.3 is 0 Å². The lowest BCUT2D eigenvalue weighted by molar-refractivity contribution is 0.0878. The molecule has 1 atom stereocenters. The van der Waals surface area contributed by atoms with Gasteiger partial charge in [0, 0.05) is 55.9 Å². The molecule has 5 nitrogen and oxygen atoms in total. The summed E-state index contributed by atoms with van der Waals surface area (Å²) in [4.78, 5) is 13.7. The van der Waals surface area contributed by atoms with Crippen molar-refractivity contribution in [1.82, 2.24) is 24.2 Å². The number of fused-ring (bicyclic) bond motifs is 1. The number of likely N-dealkylation sites (N-methyl/N-ethyl adjacent to an activating group) is 1. The standard InChI is InChI=1S/C24H24FN5/c1-28-13-14-29(15-19-5-2-3-6-20(19)25)17-23(28)21-16-30-22(7-4-8-24(30)27-21)18-9-11-26-12-10-18/h2-12,16,23H,13-15,17H2,1H3/t23-/m1/s1. The number of rotatable bonds is 4. The van der Waals surface area contributed by atoms with Gasteiger partial charge in [0.2, 0.25) is 0 Å². The van der Waals surface area contributed by atoms with Crippen LogP contribution >= 0.6 is 0 Å². The van der Waals surface area contributed by atoms with Crippen molar-refractivity contribution in [2.75, 3.05) is 26.7 Å². The summed E-state index contributed by atoms with van der Waals surface area (Å²) in [6.07, 6.45) is 5.75. The van der Waals surface area contributed by atoms with E-state index in [1.807, 2.05) is 48.8 Å². The van der Waals surface area contributed by atoms with Gasteiger partial charge in [0.05, 0.1) is 17.4 Å². The van der Waals surface area contributed by atoms with Gasteiger partial charge in [-0.2, -0.15) is 0 Å². The van der Waals surface area contributed by atoms with Gasteiger partial charge in [-0.15, -0.1) is 0 Å². The van der Waals surface area contributed by atoms with E-state index in [1.165, 1.54) is 6.07 Å². The van der Waals surface area contributed by atoms with Gasteiger partial charge >= 0.3 is 0 Å². The summed E-state index contributed by atoms with van der Waals surface area (Å²) < 4.78 is 16.3. The normalized spacial score (nSPS) is 18.1. The van der Waals surface area contributed by atoms with E-state index in [0.29, 0.717) is 6.54 Å². The zero-order chi connectivity index (χ0) is 20.5. The van der Waals surface area contributed by atoms with Crippen LogP contribution in [0.3, 0.4) is 0 Å². The minimum absolute atomic E-state index is 0.136. The smallest absolute Gasteiger partial charge is 0.137 e. The summed E-state index contributed by atoms with van der Waals surface area (Å²) in [7, 11) is 2.14. The lowest BCUT2D eigenvalue weighted by atomic mass is 10.1. The van der Waals surface area contributed by atoms with Crippen LogP contribution in [0.25, 0.3) is 16.9 Å². The first kappa shape index (κ1) is 18.9. The Balaban J connectivity index is 1.44. The van der Waals surface area contributed by atoms with Gasteiger partial charge in [-0.25, -0.2) is 9.37 Å². The molecule has 3 aromatic heterocycles. The Hall–Kier alpha value is -3.09. The highest BCUT2D eigenvalue weighted by atomic mass is 19.1. The highest BCUT2D eigenvalue weighted by Gasteiger charge is 2.28. The Morgan fingerprint density at radius 1 is 1.00 bits per heavy atom. The van der Waals surface area contributed by atoms with E-state index >= 15 is 0 Å². The fourth-order valence-corrected chi connectivity index (χ4v) is 4.21. The third-order valence-electron chi connectivity index (χ3n) is 5.91. The summed E-state index contributed by atoms with van der Waals surface area (Å²) >= 11 is 0. The van der Waals surface area contributed by atoms with Crippen LogP contribution < -0.4 is 0 Å². The first-order chi connectivity index (χ1) is 14.7. The van der Waals surface area contributed by atoms with Crippen molar-refractivity contribution in [3.63, 3.8) is 0 Å². The van der Waals surface area contributed by atoms with Crippen LogP contribution in [0.5, 0.6) is 0 Å². The number of aromatic nitrogens is 3.